The van der Waals surface area contributed by atoms with Gasteiger partial charge in [0.1, 0.15) is 0 Å². The molecule has 0 atom stereocenters. The van der Waals surface area contributed by atoms with E-state index in [9.17, 15) is 0 Å². The second-order valence-corrected chi connectivity index (χ2v) is 20.0. The van der Waals surface area contributed by atoms with E-state index in [1.807, 2.05) is 0 Å². The molecule has 0 bridgehead atoms. The van der Waals surface area contributed by atoms with Gasteiger partial charge in [-0.2, -0.15) is 0 Å². The predicted octanol–water partition coefficient (Wildman–Crippen LogP) is 7.39. The first-order chi connectivity index (χ1) is 16.8. The first-order valence-electron chi connectivity index (χ1n) is 14.2. The first kappa shape index (κ1) is 26.8. The summed E-state index contributed by atoms with van der Waals surface area (Å²) in [5.41, 5.74) is 0.138. The van der Waals surface area contributed by atoms with E-state index in [-0.39, 0.29) is 5.41 Å². The Kier molecular flexibility index (Phi) is 9.12. The number of benzene rings is 2. The van der Waals surface area contributed by atoms with Crippen LogP contribution in [0.25, 0.3) is 0 Å². The van der Waals surface area contributed by atoms with Gasteiger partial charge >= 0.3 is 0 Å². The van der Waals surface area contributed by atoms with Gasteiger partial charge in [0, 0.05) is 18.6 Å². The minimum atomic E-state index is -2.00. The molecule has 0 unspecified atom stereocenters. The molecule has 0 radical (unpaired) electrons. The van der Waals surface area contributed by atoms with E-state index in [1.54, 1.807) is 0 Å². The summed E-state index contributed by atoms with van der Waals surface area (Å²) in [5.74, 6) is 1.45. The van der Waals surface area contributed by atoms with Gasteiger partial charge in [-0.3, -0.25) is 0 Å². The smallest absolute Gasteiger partial charge is 0.218 e. The quantitative estimate of drug-likeness (QED) is 0.311. The summed E-state index contributed by atoms with van der Waals surface area (Å²) >= 11 is 0. The van der Waals surface area contributed by atoms with Crippen molar-refractivity contribution in [1.82, 2.24) is 0 Å². The van der Waals surface area contributed by atoms with Crippen LogP contribution in [-0.4, -0.2) is 29.8 Å². The van der Waals surface area contributed by atoms with Crippen LogP contribution >= 0.6 is 0 Å². The van der Waals surface area contributed by atoms with Crippen molar-refractivity contribution in [2.45, 2.75) is 90.4 Å². The highest BCUT2D eigenvalue weighted by Gasteiger charge is 2.48. The third-order valence-corrected chi connectivity index (χ3v) is 14.4. The Morgan fingerprint density at radius 1 is 0.571 bits per heavy atom. The SMILES string of the molecule is C[Si](C)(OCC(CO[Si](C)(C)c1ccccc1)(C1CCCCC1)C1CCCCC1)c1ccccc1. The maximum atomic E-state index is 7.13. The molecule has 0 heterocycles. The molecule has 4 rings (SSSR count). The maximum absolute atomic E-state index is 7.13. The van der Waals surface area contributed by atoms with Crippen LogP contribution in [0, 0.1) is 17.3 Å². The van der Waals surface area contributed by atoms with E-state index in [2.05, 4.69) is 86.9 Å². The van der Waals surface area contributed by atoms with Crippen LogP contribution in [0.2, 0.25) is 26.2 Å². The van der Waals surface area contributed by atoms with Gasteiger partial charge in [0.2, 0.25) is 16.6 Å². The summed E-state index contributed by atoms with van der Waals surface area (Å²) < 4.78 is 14.3. The average molecular weight is 509 g/mol. The fraction of sp³-hybridized carbons (Fsp3) is 0.613. The summed E-state index contributed by atoms with van der Waals surface area (Å²) in [6.45, 7) is 11.3. The van der Waals surface area contributed by atoms with Crippen molar-refractivity contribution in [2.75, 3.05) is 13.2 Å². The van der Waals surface area contributed by atoms with Crippen molar-refractivity contribution in [2.24, 2.45) is 17.3 Å². The van der Waals surface area contributed by atoms with Gasteiger partial charge in [-0.1, -0.05) is 99.2 Å². The fourth-order valence-corrected chi connectivity index (χ4v) is 10.3. The minimum absolute atomic E-state index is 0.138. The van der Waals surface area contributed by atoms with E-state index >= 15 is 0 Å². The summed E-state index contributed by atoms with van der Waals surface area (Å²) in [4.78, 5) is 0. The van der Waals surface area contributed by atoms with Gasteiger partial charge in [0.15, 0.2) is 0 Å². The molecule has 0 saturated heterocycles. The summed E-state index contributed by atoms with van der Waals surface area (Å²) in [6.07, 6.45) is 13.7. The van der Waals surface area contributed by atoms with Gasteiger partial charge < -0.3 is 8.85 Å². The molecular formula is C31H48O2Si2. The third kappa shape index (κ3) is 6.57. The average Bonchev–Trinajstić information content (AvgIpc) is 2.91. The van der Waals surface area contributed by atoms with Crippen LogP contribution in [0.3, 0.4) is 0 Å². The second-order valence-electron chi connectivity index (χ2n) is 12.2. The first-order valence-corrected chi connectivity index (χ1v) is 20.0. The lowest BCUT2D eigenvalue weighted by atomic mass is 9.59. The molecule has 0 aliphatic heterocycles. The maximum Gasteiger partial charge on any atom is 0.218 e. The normalized spacial score (nSPS) is 19.1. The van der Waals surface area contributed by atoms with Crippen molar-refractivity contribution in [1.29, 1.82) is 0 Å². The largest absolute Gasteiger partial charge is 0.412 e. The Morgan fingerprint density at radius 3 is 1.26 bits per heavy atom. The third-order valence-electron chi connectivity index (χ3n) is 9.18. The predicted molar refractivity (Wildman–Crippen MR) is 155 cm³/mol. The molecule has 192 valence electrons. The van der Waals surface area contributed by atoms with Gasteiger partial charge in [-0.05, 0) is 74.1 Å². The lowest BCUT2D eigenvalue weighted by molar-refractivity contribution is -0.0563. The molecule has 2 nitrogen and oxygen atoms in total. The van der Waals surface area contributed by atoms with Gasteiger partial charge in [-0.15, -0.1) is 0 Å². The molecule has 0 N–H and O–H groups in total. The topological polar surface area (TPSA) is 18.5 Å². The van der Waals surface area contributed by atoms with Gasteiger partial charge in [0.05, 0.1) is 0 Å². The van der Waals surface area contributed by atoms with Crippen LogP contribution in [0.5, 0.6) is 0 Å². The second kappa shape index (κ2) is 11.9. The molecule has 2 saturated carbocycles. The molecule has 2 aromatic rings. The zero-order chi connectivity index (χ0) is 24.8. The standard InChI is InChI=1S/C31H48O2Si2/c1-34(2,29-21-13-7-14-22-29)32-25-31(27-17-9-5-10-18-27,28-19-11-6-12-20-28)26-33-35(3,4)30-23-15-8-16-24-30/h7-8,13-16,21-24,27-28H,5-6,9-12,17-20,25-26H2,1-4H3. The van der Waals surface area contributed by atoms with Crippen molar-refractivity contribution < 1.29 is 8.85 Å². The monoisotopic (exact) mass is 508 g/mol. The lowest BCUT2D eigenvalue weighted by Gasteiger charge is -2.51. The number of hydrogen-bond acceptors (Lipinski definition) is 2. The Hall–Kier alpha value is -1.21. The fourth-order valence-electron chi connectivity index (χ4n) is 6.68. The Labute approximate surface area is 217 Å². The molecule has 0 amide bonds. The Bertz CT molecular complexity index is 809. The van der Waals surface area contributed by atoms with Gasteiger partial charge in [0.25, 0.3) is 0 Å². The van der Waals surface area contributed by atoms with Crippen molar-refractivity contribution in [3.8, 4) is 0 Å². The summed E-state index contributed by atoms with van der Waals surface area (Å²) in [6, 6.07) is 22.0. The molecule has 2 fully saturated rings. The number of rotatable bonds is 10. The molecule has 2 aliphatic rings. The van der Waals surface area contributed by atoms with Crippen molar-refractivity contribution in [3.63, 3.8) is 0 Å². The zero-order valence-corrected chi connectivity index (χ0v) is 24.7. The van der Waals surface area contributed by atoms with E-state index < -0.39 is 16.6 Å². The Morgan fingerprint density at radius 2 is 0.914 bits per heavy atom. The van der Waals surface area contributed by atoms with Crippen LogP contribution in [0.1, 0.15) is 64.2 Å². The van der Waals surface area contributed by atoms with E-state index in [1.165, 1.54) is 74.6 Å². The highest BCUT2D eigenvalue weighted by Crippen LogP contribution is 2.50. The molecule has 4 heteroatoms. The van der Waals surface area contributed by atoms with Crippen LogP contribution < -0.4 is 10.4 Å². The van der Waals surface area contributed by atoms with E-state index in [0.29, 0.717) is 0 Å². The Balaban J connectivity index is 1.64. The van der Waals surface area contributed by atoms with Crippen molar-refractivity contribution in [3.05, 3.63) is 60.7 Å². The van der Waals surface area contributed by atoms with Crippen LogP contribution in [0.15, 0.2) is 60.7 Å². The molecule has 0 aromatic heterocycles. The minimum Gasteiger partial charge on any atom is -0.412 e. The number of hydrogen-bond donors (Lipinski definition) is 0. The van der Waals surface area contributed by atoms with Crippen LogP contribution in [-0.2, 0) is 8.85 Å². The van der Waals surface area contributed by atoms with Gasteiger partial charge in [-0.25, -0.2) is 0 Å². The molecule has 2 aliphatic carbocycles. The highest BCUT2D eigenvalue weighted by atomic mass is 28.4. The molecule has 0 spiro atoms. The van der Waals surface area contributed by atoms with E-state index in [0.717, 1.165) is 25.0 Å². The van der Waals surface area contributed by atoms with E-state index in [4.69, 9.17) is 8.85 Å². The molecule has 2 aromatic carbocycles. The summed E-state index contributed by atoms with van der Waals surface area (Å²) in [5, 5.41) is 2.81. The zero-order valence-electron chi connectivity index (χ0n) is 22.7. The molecular weight excluding hydrogens is 461 g/mol. The highest BCUT2D eigenvalue weighted by molar-refractivity contribution is 6.84. The lowest BCUT2D eigenvalue weighted by Crippen LogP contribution is -2.55. The molecule has 35 heavy (non-hydrogen) atoms. The van der Waals surface area contributed by atoms with Crippen molar-refractivity contribution >= 4 is 27.0 Å². The van der Waals surface area contributed by atoms with Crippen LogP contribution in [0.4, 0.5) is 0 Å². The summed E-state index contributed by atoms with van der Waals surface area (Å²) in [7, 11) is -4.00.